The van der Waals surface area contributed by atoms with Crippen molar-refractivity contribution in [2.24, 2.45) is 5.73 Å². The van der Waals surface area contributed by atoms with Gasteiger partial charge in [-0.25, -0.2) is 8.78 Å². The van der Waals surface area contributed by atoms with Crippen molar-refractivity contribution in [3.8, 4) is 12.3 Å². The third kappa shape index (κ3) is 1.04. The van der Waals surface area contributed by atoms with E-state index >= 15 is 0 Å². The fraction of sp³-hybridized carbons (Fsp3) is 0.273. The van der Waals surface area contributed by atoms with E-state index < -0.39 is 11.5 Å². The molecule has 1 atom stereocenters. The molecule has 1 aromatic carbocycles. The first-order valence-corrected chi connectivity index (χ1v) is 4.24. The summed E-state index contributed by atoms with van der Waals surface area (Å²) in [6.07, 6.45) is 4.89. The minimum Gasteiger partial charge on any atom is -0.316 e. The molecule has 1 aromatic rings. The Kier molecular flexibility index (Phi) is 1.67. The molecule has 0 aromatic heterocycles. The molecule has 1 saturated carbocycles. The highest BCUT2D eigenvalue weighted by Crippen LogP contribution is 2.58. The van der Waals surface area contributed by atoms with Crippen LogP contribution in [0.2, 0.25) is 0 Å². The third-order valence-corrected chi connectivity index (χ3v) is 2.59. The molecule has 2 rings (SSSR count). The van der Waals surface area contributed by atoms with Gasteiger partial charge < -0.3 is 5.73 Å². The second-order valence-electron chi connectivity index (χ2n) is 3.54. The predicted molar refractivity (Wildman–Crippen MR) is 49.8 cm³/mol. The van der Waals surface area contributed by atoms with Gasteiger partial charge in [0.1, 0.15) is 5.54 Å². The summed E-state index contributed by atoms with van der Waals surface area (Å²) >= 11 is 0. The van der Waals surface area contributed by atoms with E-state index in [1.807, 2.05) is 0 Å². The maximum atomic E-state index is 13.0. The standard InChI is InChI=1S/C11H9F2N/c1-2-8-5-3-4-6-9(8)10(14)7-11(10,12)13/h1,3-6H,7,14H2. The van der Waals surface area contributed by atoms with Crippen molar-refractivity contribution in [2.45, 2.75) is 17.9 Å². The van der Waals surface area contributed by atoms with Crippen LogP contribution in [0.5, 0.6) is 0 Å². The molecule has 1 fully saturated rings. The van der Waals surface area contributed by atoms with Gasteiger partial charge >= 0.3 is 0 Å². The molecular formula is C11H9F2N. The number of rotatable bonds is 1. The van der Waals surface area contributed by atoms with Crippen LogP contribution in [0.3, 0.4) is 0 Å². The second kappa shape index (κ2) is 2.55. The van der Waals surface area contributed by atoms with Crippen LogP contribution in [0.25, 0.3) is 0 Å². The summed E-state index contributed by atoms with van der Waals surface area (Å²) in [7, 11) is 0. The van der Waals surface area contributed by atoms with Crippen LogP contribution in [-0.4, -0.2) is 5.92 Å². The lowest BCUT2D eigenvalue weighted by molar-refractivity contribution is 0.0890. The van der Waals surface area contributed by atoms with Crippen LogP contribution in [0.15, 0.2) is 24.3 Å². The summed E-state index contributed by atoms with van der Waals surface area (Å²) in [4.78, 5) is 0. The Morgan fingerprint density at radius 2 is 1.93 bits per heavy atom. The molecule has 0 amide bonds. The molecule has 0 spiro atoms. The number of hydrogen-bond donors (Lipinski definition) is 1. The van der Waals surface area contributed by atoms with Gasteiger partial charge in [0.25, 0.3) is 5.92 Å². The fourth-order valence-corrected chi connectivity index (χ4v) is 1.60. The van der Waals surface area contributed by atoms with Gasteiger partial charge in [0, 0.05) is 12.0 Å². The Balaban J connectivity index is 2.50. The molecule has 0 bridgehead atoms. The second-order valence-corrected chi connectivity index (χ2v) is 3.54. The van der Waals surface area contributed by atoms with Crippen LogP contribution in [0.4, 0.5) is 8.78 Å². The van der Waals surface area contributed by atoms with Crippen LogP contribution in [0, 0.1) is 12.3 Å². The summed E-state index contributed by atoms with van der Waals surface area (Å²) in [5.41, 5.74) is 4.85. The number of benzene rings is 1. The maximum absolute atomic E-state index is 13.0. The van der Waals surface area contributed by atoms with Crippen molar-refractivity contribution in [3.63, 3.8) is 0 Å². The lowest BCUT2D eigenvalue weighted by Gasteiger charge is -2.12. The van der Waals surface area contributed by atoms with Crippen LogP contribution in [0.1, 0.15) is 17.5 Å². The molecule has 0 heterocycles. The van der Waals surface area contributed by atoms with Crippen molar-refractivity contribution in [1.82, 2.24) is 0 Å². The lowest BCUT2D eigenvalue weighted by atomic mass is 9.99. The highest BCUT2D eigenvalue weighted by molar-refractivity contribution is 5.48. The molecule has 3 heteroatoms. The van der Waals surface area contributed by atoms with Gasteiger partial charge in [0.05, 0.1) is 0 Å². The number of hydrogen-bond acceptors (Lipinski definition) is 1. The summed E-state index contributed by atoms with van der Waals surface area (Å²) < 4.78 is 26.0. The molecule has 2 N–H and O–H groups in total. The van der Waals surface area contributed by atoms with Gasteiger partial charge in [-0.15, -0.1) is 6.42 Å². The highest BCUT2D eigenvalue weighted by atomic mass is 19.3. The van der Waals surface area contributed by atoms with E-state index in [1.165, 1.54) is 0 Å². The van der Waals surface area contributed by atoms with Crippen LogP contribution >= 0.6 is 0 Å². The van der Waals surface area contributed by atoms with Crippen LogP contribution in [-0.2, 0) is 5.54 Å². The van der Waals surface area contributed by atoms with E-state index in [9.17, 15) is 8.78 Å². The van der Waals surface area contributed by atoms with Gasteiger partial charge in [-0.1, -0.05) is 24.1 Å². The number of alkyl halides is 2. The predicted octanol–water partition coefficient (Wildman–Crippen LogP) is 1.86. The first-order valence-electron chi connectivity index (χ1n) is 4.24. The number of terminal acetylenes is 1. The Morgan fingerprint density at radius 1 is 1.36 bits per heavy atom. The molecule has 14 heavy (non-hydrogen) atoms. The van der Waals surface area contributed by atoms with Gasteiger partial charge in [-0.2, -0.15) is 0 Å². The zero-order valence-electron chi connectivity index (χ0n) is 7.43. The normalized spacial score (nSPS) is 28.1. The smallest absolute Gasteiger partial charge is 0.272 e. The van der Waals surface area contributed by atoms with Crippen molar-refractivity contribution >= 4 is 0 Å². The fourth-order valence-electron chi connectivity index (χ4n) is 1.60. The Morgan fingerprint density at radius 3 is 2.43 bits per heavy atom. The van der Waals surface area contributed by atoms with Gasteiger partial charge in [-0.3, -0.25) is 0 Å². The molecule has 0 radical (unpaired) electrons. The minimum atomic E-state index is -2.82. The summed E-state index contributed by atoms with van der Waals surface area (Å²) in [5.74, 6) is -0.453. The molecule has 1 nitrogen and oxygen atoms in total. The summed E-state index contributed by atoms with van der Waals surface area (Å²) in [6, 6.07) is 6.57. The topological polar surface area (TPSA) is 26.0 Å². The zero-order valence-corrected chi connectivity index (χ0v) is 7.43. The maximum Gasteiger partial charge on any atom is 0.272 e. The van der Waals surface area contributed by atoms with E-state index in [4.69, 9.17) is 12.2 Å². The monoisotopic (exact) mass is 193 g/mol. The third-order valence-electron chi connectivity index (χ3n) is 2.59. The largest absolute Gasteiger partial charge is 0.316 e. The molecule has 1 aliphatic carbocycles. The van der Waals surface area contributed by atoms with E-state index in [0.29, 0.717) is 11.1 Å². The summed E-state index contributed by atoms with van der Waals surface area (Å²) in [6.45, 7) is 0. The number of nitrogens with two attached hydrogens (primary N) is 1. The van der Waals surface area contributed by atoms with Crippen molar-refractivity contribution < 1.29 is 8.78 Å². The lowest BCUT2D eigenvalue weighted by Crippen LogP contribution is -2.28. The molecular weight excluding hydrogens is 184 g/mol. The molecule has 1 aliphatic rings. The van der Waals surface area contributed by atoms with Gasteiger partial charge in [0.15, 0.2) is 0 Å². The molecule has 1 unspecified atom stereocenters. The average molecular weight is 193 g/mol. The van der Waals surface area contributed by atoms with Crippen molar-refractivity contribution in [2.75, 3.05) is 0 Å². The van der Waals surface area contributed by atoms with E-state index in [2.05, 4.69) is 5.92 Å². The minimum absolute atomic E-state index is 0.321. The van der Waals surface area contributed by atoms with Crippen molar-refractivity contribution in [3.05, 3.63) is 35.4 Å². The highest BCUT2D eigenvalue weighted by Gasteiger charge is 2.70. The SMILES string of the molecule is C#Cc1ccccc1C1(N)CC1(F)F. The summed E-state index contributed by atoms with van der Waals surface area (Å²) in [5, 5.41) is 0. The van der Waals surface area contributed by atoms with Crippen LogP contribution < -0.4 is 5.73 Å². The first kappa shape index (κ1) is 9.17. The van der Waals surface area contributed by atoms with Gasteiger partial charge in [-0.05, 0) is 11.6 Å². The Hall–Kier alpha value is -1.40. The van der Waals surface area contributed by atoms with Gasteiger partial charge in [0.2, 0.25) is 0 Å². The van der Waals surface area contributed by atoms with E-state index in [-0.39, 0.29) is 6.42 Å². The average Bonchev–Trinajstić information content (AvgIpc) is 2.67. The van der Waals surface area contributed by atoms with Crippen molar-refractivity contribution in [1.29, 1.82) is 0 Å². The molecule has 0 aliphatic heterocycles. The Labute approximate surface area is 80.9 Å². The Bertz CT molecular complexity index is 420. The first-order chi connectivity index (χ1) is 6.51. The molecule has 0 saturated heterocycles. The zero-order chi connectivity index (χ0) is 10.4. The quantitative estimate of drug-likeness (QED) is 0.677. The van der Waals surface area contributed by atoms with E-state index in [1.54, 1.807) is 24.3 Å². The van der Waals surface area contributed by atoms with E-state index in [0.717, 1.165) is 0 Å². The number of halogens is 2. The molecule has 72 valence electrons.